The second-order valence-corrected chi connectivity index (χ2v) is 12.7. The van der Waals surface area contributed by atoms with Crippen molar-refractivity contribution in [3.63, 3.8) is 0 Å². The third kappa shape index (κ3) is 5.03. The minimum absolute atomic E-state index is 0.569. The highest BCUT2D eigenvalue weighted by molar-refractivity contribution is 5.97. The van der Waals surface area contributed by atoms with Crippen LogP contribution in [0.2, 0.25) is 0 Å². The molecule has 0 atom stereocenters. The topological polar surface area (TPSA) is 72.6 Å². The van der Waals surface area contributed by atoms with Crippen LogP contribution in [0.5, 0.6) is 0 Å². The van der Waals surface area contributed by atoms with E-state index in [1.165, 1.54) is 0 Å². The average molecular weight is 668 g/mol. The molecule has 0 saturated carbocycles. The summed E-state index contributed by atoms with van der Waals surface area (Å²) < 4.78 is 2.27. The maximum atomic E-state index is 5.32. The lowest BCUT2D eigenvalue weighted by molar-refractivity contribution is 1.05. The third-order valence-corrected chi connectivity index (χ3v) is 9.45. The second kappa shape index (κ2) is 12.3. The van der Waals surface area contributed by atoms with Gasteiger partial charge in [-0.05, 0) is 54.1 Å². The highest BCUT2D eigenvalue weighted by atomic mass is 15.3. The molecule has 0 fully saturated rings. The van der Waals surface area contributed by atoms with Crippen molar-refractivity contribution in [2.24, 2.45) is 0 Å². The summed E-state index contributed by atoms with van der Waals surface area (Å²) >= 11 is 0. The normalized spacial score (nSPS) is 11.8. The first-order chi connectivity index (χ1) is 25.8. The molecule has 3 aromatic heterocycles. The lowest BCUT2D eigenvalue weighted by atomic mass is 9.99. The van der Waals surface area contributed by atoms with Gasteiger partial charge in [0.05, 0.1) is 28.1 Å². The van der Waals surface area contributed by atoms with Crippen LogP contribution in [-0.2, 0) is 0 Å². The van der Waals surface area contributed by atoms with E-state index in [-0.39, 0.29) is 0 Å². The fourth-order valence-electron chi connectivity index (χ4n) is 7.06. The molecule has 0 amide bonds. The van der Waals surface area contributed by atoms with E-state index in [1.807, 2.05) is 79.0 Å². The molecular formula is C45H29N7. The van der Waals surface area contributed by atoms with Gasteiger partial charge in [-0.25, -0.2) is 19.9 Å². The minimum atomic E-state index is 0.569. The van der Waals surface area contributed by atoms with Crippen molar-refractivity contribution in [2.45, 2.75) is 0 Å². The van der Waals surface area contributed by atoms with Gasteiger partial charge < -0.3 is 0 Å². The number of rotatable bonds is 5. The summed E-state index contributed by atoms with van der Waals surface area (Å²) in [5.74, 6) is 2.57. The molecule has 244 valence electrons. The molecule has 0 N–H and O–H groups in total. The molecule has 1 aliphatic heterocycles. The summed E-state index contributed by atoms with van der Waals surface area (Å²) in [6.07, 6.45) is 3.69. The molecule has 9 aromatic rings. The van der Waals surface area contributed by atoms with Gasteiger partial charge in [-0.2, -0.15) is 0 Å². The Bertz CT molecular complexity index is 2680. The Morgan fingerprint density at radius 1 is 0.404 bits per heavy atom. The molecule has 1 aliphatic rings. The van der Waals surface area contributed by atoms with E-state index in [0.717, 1.165) is 73.0 Å². The Balaban J connectivity index is 1.27. The number of pyridine rings is 1. The summed E-state index contributed by atoms with van der Waals surface area (Å²) in [6.45, 7) is 0. The van der Waals surface area contributed by atoms with Gasteiger partial charge in [0.15, 0.2) is 17.5 Å². The van der Waals surface area contributed by atoms with Gasteiger partial charge >= 0.3 is 0 Å². The van der Waals surface area contributed by atoms with Gasteiger partial charge in [0.2, 0.25) is 5.95 Å². The van der Waals surface area contributed by atoms with Crippen LogP contribution in [0.3, 0.4) is 0 Å². The summed E-state index contributed by atoms with van der Waals surface area (Å²) in [6, 6.07) is 56.1. The Labute approximate surface area is 300 Å². The molecule has 7 heteroatoms. The molecule has 0 radical (unpaired) electrons. The van der Waals surface area contributed by atoms with Crippen LogP contribution in [0, 0.1) is 0 Å². The zero-order valence-electron chi connectivity index (χ0n) is 27.9. The van der Waals surface area contributed by atoms with Gasteiger partial charge in [0, 0.05) is 45.8 Å². The molecule has 0 aliphatic carbocycles. The smallest absolute Gasteiger partial charge is 0.220 e. The Kier molecular flexibility index (Phi) is 6.99. The van der Waals surface area contributed by atoms with E-state index in [9.17, 15) is 0 Å². The Morgan fingerprint density at radius 3 is 1.65 bits per heavy atom. The number of imidazole rings is 1. The molecule has 6 aromatic carbocycles. The average Bonchev–Trinajstić information content (AvgIpc) is 3.55. The number of anilines is 3. The standard InChI is InChI=1S/C45H29N7/c1-3-14-30(15-4-1)42-48-43(31-16-5-2-6-17-31)50-44(49-42)34-26-33(32-18-13-25-46-29-32)27-35(28-34)51-39-22-10-7-19-36(39)37-20-8-11-23-40(37)52-41-24-12-9-21-38(41)47-45(51)52/h1-29H. The van der Waals surface area contributed by atoms with Crippen molar-refractivity contribution in [3.05, 3.63) is 176 Å². The Morgan fingerprint density at radius 2 is 0.962 bits per heavy atom. The van der Waals surface area contributed by atoms with Crippen LogP contribution in [0.1, 0.15) is 0 Å². The highest BCUT2D eigenvalue weighted by Gasteiger charge is 2.29. The van der Waals surface area contributed by atoms with Gasteiger partial charge in [-0.1, -0.05) is 115 Å². The largest absolute Gasteiger partial charge is 0.280 e. The quantitative estimate of drug-likeness (QED) is 0.182. The van der Waals surface area contributed by atoms with E-state index >= 15 is 0 Å². The van der Waals surface area contributed by atoms with E-state index in [4.69, 9.17) is 19.9 Å². The number of aromatic nitrogens is 6. The first-order valence-electron chi connectivity index (χ1n) is 17.2. The third-order valence-electron chi connectivity index (χ3n) is 9.45. The van der Waals surface area contributed by atoms with Crippen LogP contribution >= 0.6 is 0 Å². The molecule has 0 unspecified atom stereocenters. The van der Waals surface area contributed by atoms with Crippen molar-refractivity contribution >= 4 is 28.4 Å². The molecule has 10 rings (SSSR count). The van der Waals surface area contributed by atoms with Crippen molar-refractivity contribution in [2.75, 3.05) is 4.90 Å². The molecule has 7 nitrogen and oxygen atoms in total. The maximum Gasteiger partial charge on any atom is 0.220 e. The van der Waals surface area contributed by atoms with Crippen LogP contribution in [0.25, 0.3) is 73.1 Å². The van der Waals surface area contributed by atoms with Crippen molar-refractivity contribution < 1.29 is 0 Å². The summed E-state index contributed by atoms with van der Waals surface area (Å²) in [5.41, 5.74) is 11.8. The van der Waals surface area contributed by atoms with E-state index < -0.39 is 0 Å². The first kappa shape index (κ1) is 29.6. The zero-order valence-corrected chi connectivity index (χ0v) is 27.9. The molecule has 0 saturated heterocycles. The van der Waals surface area contributed by atoms with Gasteiger partial charge in [0.25, 0.3) is 0 Å². The maximum absolute atomic E-state index is 5.32. The first-order valence-corrected chi connectivity index (χ1v) is 17.2. The zero-order chi connectivity index (χ0) is 34.4. The fraction of sp³-hybridized carbons (Fsp3) is 0. The monoisotopic (exact) mass is 667 g/mol. The van der Waals surface area contributed by atoms with Crippen LogP contribution in [-0.4, -0.2) is 29.5 Å². The predicted octanol–water partition coefficient (Wildman–Crippen LogP) is 10.7. The molecule has 52 heavy (non-hydrogen) atoms. The van der Waals surface area contributed by atoms with Gasteiger partial charge in [-0.15, -0.1) is 0 Å². The molecule has 4 heterocycles. The number of hydrogen-bond donors (Lipinski definition) is 0. The molecular weight excluding hydrogens is 639 g/mol. The number of fused-ring (bicyclic) bond motifs is 7. The van der Waals surface area contributed by atoms with Gasteiger partial charge in [0.1, 0.15) is 0 Å². The highest BCUT2D eigenvalue weighted by Crippen LogP contribution is 2.48. The van der Waals surface area contributed by atoms with Crippen molar-refractivity contribution in [1.29, 1.82) is 0 Å². The van der Waals surface area contributed by atoms with Crippen molar-refractivity contribution in [3.8, 4) is 62.1 Å². The molecule has 0 spiro atoms. The second-order valence-electron chi connectivity index (χ2n) is 12.7. The lowest BCUT2D eigenvalue weighted by Crippen LogP contribution is -2.14. The van der Waals surface area contributed by atoms with Crippen LogP contribution < -0.4 is 4.90 Å². The summed E-state index contributed by atoms with van der Waals surface area (Å²) in [7, 11) is 0. The predicted molar refractivity (Wildman–Crippen MR) is 208 cm³/mol. The minimum Gasteiger partial charge on any atom is -0.280 e. The Hall–Kier alpha value is -7.25. The lowest BCUT2D eigenvalue weighted by Gasteiger charge is -2.25. The number of benzene rings is 6. The van der Waals surface area contributed by atoms with E-state index in [0.29, 0.717) is 17.5 Å². The summed E-state index contributed by atoms with van der Waals surface area (Å²) in [4.78, 5) is 27.3. The van der Waals surface area contributed by atoms with Crippen LogP contribution in [0.15, 0.2) is 176 Å². The van der Waals surface area contributed by atoms with Crippen LogP contribution in [0.4, 0.5) is 17.3 Å². The summed E-state index contributed by atoms with van der Waals surface area (Å²) in [5, 5.41) is 0. The van der Waals surface area contributed by atoms with E-state index in [1.54, 1.807) is 6.20 Å². The molecule has 0 bridgehead atoms. The number of nitrogens with zero attached hydrogens (tertiary/aromatic N) is 7. The fourth-order valence-corrected chi connectivity index (χ4v) is 7.06. The SMILES string of the molecule is c1ccc(-c2nc(-c3ccccc3)nc(-c3cc(-c4cccnc4)cc(N4c5ccccc5-c5ccccc5-n5c4nc4ccccc45)c3)n2)cc1. The van der Waals surface area contributed by atoms with Gasteiger partial charge in [-0.3, -0.25) is 14.5 Å². The van der Waals surface area contributed by atoms with Crippen molar-refractivity contribution in [1.82, 2.24) is 29.5 Å². The van der Waals surface area contributed by atoms with E-state index in [2.05, 4.69) is 105 Å². The number of para-hydroxylation sites is 4. The number of hydrogen-bond acceptors (Lipinski definition) is 6.